The topological polar surface area (TPSA) is 59.0 Å². The Morgan fingerprint density at radius 2 is 2.00 bits per heavy atom. The Balaban J connectivity index is 2.02. The van der Waals surface area contributed by atoms with Crippen LogP contribution in [0.15, 0.2) is 35.0 Å². The molecule has 1 aliphatic heterocycles. The van der Waals surface area contributed by atoms with E-state index in [1.54, 1.807) is 11.3 Å². The van der Waals surface area contributed by atoms with Gasteiger partial charge in [-0.05, 0) is 66.8 Å². The first-order chi connectivity index (χ1) is 12.7. The van der Waals surface area contributed by atoms with E-state index in [0.717, 1.165) is 29.8 Å². The lowest BCUT2D eigenvalue weighted by Crippen LogP contribution is -2.39. The number of thiophene rings is 1. The normalized spacial score (nSPS) is 18.6. The molecule has 2 atom stereocenters. The van der Waals surface area contributed by atoms with Gasteiger partial charge in [0.25, 0.3) is 0 Å². The fourth-order valence-corrected chi connectivity index (χ4v) is 4.29. The van der Waals surface area contributed by atoms with E-state index in [0.29, 0.717) is 25.4 Å². The molecule has 6 heteroatoms. The number of ether oxygens (including phenoxy) is 2. The van der Waals surface area contributed by atoms with Crippen LogP contribution < -0.4 is 9.47 Å². The zero-order valence-electron chi connectivity index (χ0n) is 15.2. The summed E-state index contributed by atoms with van der Waals surface area (Å²) in [6, 6.07) is 7.46. The van der Waals surface area contributed by atoms with E-state index < -0.39 is 12.0 Å². The molecular formula is C20H25NO4S. The van der Waals surface area contributed by atoms with Gasteiger partial charge >= 0.3 is 5.97 Å². The number of carbonyl (C=O) groups is 1. The third-order valence-corrected chi connectivity index (χ3v) is 5.35. The van der Waals surface area contributed by atoms with Crippen LogP contribution in [0.3, 0.4) is 0 Å². The third-order valence-electron chi connectivity index (χ3n) is 4.65. The minimum atomic E-state index is -0.751. The number of likely N-dealkylation sites (tertiary alicyclic amines) is 1. The molecule has 1 N–H and O–H groups in total. The third kappa shape index (κ3) is 3.86. The van der Waals surface area contributed by atoms with Gasteiger partial charge in [-0.3, -0.25) is 9.69 Å². The van der Waals surface area contributed by atoms with E-state index >= 15 is 0 Å². The van der Waals surface area contributed by atoms with Gasteiger partial charge in [-0.1, -0.05) is 6.07 Å². The van der Waals surface area contributed by atoms with Gasteiger partial charge in [0.1, 0.15) is 6.04 Å². The van der Waals surface area contributed by atoms with Gasteiger partial charge in [-0.25, -0.2) is 0 Å². The van der Waals surface area contributed by atoms with E-state index in [9.17, 15) is 9.90 Å². The molecule has 2 unspecified atom stereocenters. The van der Waals surface area contributed by atoms with Gasteiger partial charge in [-0.15, -0.1) is 0 Å². The largest absolute Gasteiger partial charge is 0.490 e. The molecule has 2 aromatic rings. The SMILES string of the molecule is CCOc1ccc(C(c2ccsc2)N2CCCC2C(=O)O)cc1OCC. The van der Waals surface area contributed by atoms with Crippen molar-refractivity contribution >= 4 is 17.3 Å². The molecule has 1 aromatic carbocycles. The molecule has 2 heterocycles. The Bertz CT molecular complexity index is 731. The molecule has 1 fully saturated rings. The van der Waals surface area contributed by atoms with Crippen LogP contribution in [0.25, 0.3) is 0 Å². The standard InChI is InChI=1S/C20H25NO4S/c1-3-24-17-8-7-14(12-18(17)25-4-2)19(15-9-11-26-13-15)21-10-5-6-16(21)20(22)23/h7-9,11-13,16,19H,3-6,10H2,1-2H3,(H,22,23). The van der Waals surface area contributed by atoms with Crippen molar-refractivity contribution in [1.29, 1.82) is 0 Å². The first-order valence-electron chi connectivity index (χ1n) is 9.05. The summed E-state index contributed by atoms with van der Waals surface area (Å²) in [6.07, 6.45) is 1.58. The number of aliphatic carboxylic acids is 1. The van der Waals surface area contributed by atoms with Crippen molar-refractivity contribution < 1.29 is 19.4 Å². The summed E-state index contributed by atoms with van der Waals surface area (Å²) in [4.78, 5) is 13.8. The summed E-state index contributed by atoms with van der Waals surface area (Å²) in [5, 5.41) is 13.8. The van der Waals surface area contributed by atoms with Crippen LogP contribution in [0.4, 0.5) is 0 Å². The van der Waals surface area contributed by atoms with E-state index in [-0.39, 0.29) is 6.04 Å². The van der Waals surface area contributed by atoms with E-state index in [2.05, 4.69) is 16.3 Å². The molecule has 0 bridgehead atoms. The predicted octanol–water partition coefficient (Wildman–Crippen LogP) is 4.18. The number of benzene rings is 1. The number of nitrogens with zero attached hydrogens (tertiary/aromatic N) is 1. The number of rotatable bonds is 8. The Morgan fingerprint density at radius 3 is 2.65 bits per heavy atom. The smallest absolute Gasteiger partial charge is 0.320 e. The van der Waals surface area contributed by atoms with Crippen molar-refractivity contribution in [2.45, 2.75) is 38.8 Å². The molecule has 0 radical (unpaired) electrons. The van der Waals surface area contributed by atoms with Gasteiger partial charge < -0.3 is 14.6 Å². The Kier molecular flexibility index (Phi) is 6.16. The Morgan fingerprint density at radius 1 is 1.23 bits per heavy atom. The molecule has 140 valence electrons. The van der Waals surface area contributed by atoms with Gasteiger partial charge in [0.15, 0.2) is 11.5 Å². The summed E-state index contributed by atoms with van der Waals surface area (Å²) in [5.41, 5.74) is 2.15. The van der Waals surface area contributed by atoms with Crippen LogP contribution in [0.2, 0.25) is 0 Å². The maximum Gasteiger partial charge on any atom is 0.320 e. The van der Waals surface area contributed by atoms with Crippen LogP contribution in [0.1, 0.15) is 43.9 Å². The van der Waals surface area contributed by atoms with E-state index in [4.69, 9.17) is 9.47 Å². The zero-order valence-corrected chi connectivity index (χ0v) is 16.0. The maximum absolute atomic E-state index is 11.7. The van der Waals surface area contributed by atoms with Crippen molar-refractivity contribution in [2.75, 3.05) is 19.8 Å². The summed E-state index contributed by atoms with van der Waals surface area (Å²) in [6.45, 7) is 5.78. The average molecular weight is 375 g/mol. The molecule has 0 spiro atoms. The molecular weight excluding hydrogens is 350 g/mol. The molecule has 0 amide bonds. The number of hydrogen-bond donors (Lipinski definition) is 1. The van der Waals surface area contributed by atoms with Crippen molar-refractivity contribution in [3.05, 3.63) is 46.2 Å². The summed E-state index contributed by atoms with van der Waals surface area (Å²) >= 11 is 1.63. The molecule has 5 nitrogen and oxygen atoms in total. The lowest BCUT2D eigenvalue weighted by Gasteiger charge is -2.31. The highest BCUT2D eigenvalue weighted by Gasteiger charge is 2.37. The minimum Gasteiger partial charge on any atom is -0.490 e. The summed E-state index contributed by atoms with van der Waals surface area (Å²) < 4.78 is 11.4. The van der Waals surface area contributed by atoms with Crippen LogP contribution in [-0.2, 0) is 4.79 Å². The molecule has 1 aliphatic rings. The van der Waals surface area contributed by atoms with Gasteiger partial charge in [0, 0.05) is 6.54 Å². The van der Waals surface area contributed by atoms with E-state index in [1.165, 1.54) is 0 Å². The minimum absolute atomic E-state index is 0.0975. The highest BCUT2D eigenvalue weighted by Crippen LogP contribution is 2.39. The van der Waals surface area contributed by atoms with Crippen LogP contribution >= 0.6 is 11.3 Å². The van der Waals surface area contributed by atoms with Crippen LogP contribution in [-0.4, -0.2) is 41.8 Å². The van der Waals surface area contributed by atoms with Gasteiger partial charge in [-0.2, -0.15) is 11.3 Å². The van der Waals surface area contributed by atoms with E-state index in [1.807, 2.05) is 37.4 Å². The van der Waals surface area contributed by atoms with Crippen LogP contribution in [0.5, 0.6) is 11.5 Å². The number of carboxylic acid groups (broad SMARTS) is 1. The summed E-state index contributed by atoms with van der Waals surface area (Å²) in [7, 11) is 0. The quantitative estimate of drug-likeness (QED) is 0.750. The second kappa shape index (κ2) is 8.56. The molecule has 1 aromatic heterocycles. The number of hydrogen-bond acceptors (Lipinski definition) is 5. The Hall–Kier alpha value is -2.05. The average Bonchev–Trinajstić information content (AvgIpc) is 3.30. The van der Waals surface area contributed by atoms with Crippen molar-refractivity contribution in [3.63, 3.8) is 0 Å². The highest BCUT2D eigenvalue weighted by atomic mass is 32.1. The molecule has 3 rings (SSSR count). The highest BCUT2D eigenvalue weighted by molar-refractivity contribution is 7.08. The first-order valence-corrected chi connectivity index (χ1v) is 10.00. The fraction of sp³-hybridized carbons (Fsp3) is 0.450. The van der Waals surface area contributed by atoms with Gasteiger partial charge in [0.2, 0.25) is 0 Å². The molecule has 1 saturated heterocycles. The lowest BCUT2D eigenvalue weighted by molar-refractivity contribution is -0.142. The lowest BCUT2D eigenvalue weighted by atomic mass is 9.98. The zero-order chi connectivity index (χ0) is 18.5. The van der Waals surface area contributed by atoms with Crippen LogP contribution in [0, 0.1) is 0 Å². The first kappa shape index (κ1) is 18.7. The number of carboxylic acids is 1. The molecule has 0 aliphatic carbocycles. The maximum atomic E-state index is 11.7. The monoisotopic (exact) mass is 375 g/mol. The van der Waals surface area contributed by atoms with Crippen molar-refractivity contribution in [1.82, 2.24) is 4.90 Å². The second-order valence-electron chi connectivity index (χ2n) is 6.27. The second-order valence-corrected chi connectivity index (χ2v) is 7.05. The Labute approximate surface area is 158 Å². The molecule has 26 heavy (non-hydrogen) atoms. The van der Waals surface area contributed by atoms with Gasteiger partial charge in [0.05, 0.1) is 19.3 Å². The van der Waals surface area contributed by atoms with Crippen molar-refractivity contribution in [2.24, 2.45) is 0 Å². The van der Waals surface area contributed by atoms with Crippen molar-refractivity contribution in [3.8, 4) is 11.5 Å². The summed E-state index contributed by atoms with van der Waals surface area (Å²) in [5.74, 6) is 0.676. The fourth-order valence-electron chi connectivity index (χ4n) is 3.61. The molecule has 0 saturated carbocycles. The predicted molar refractivity (Wildman–Crippen MR) is 102 cm³/mol.